The van der Waals surface area contributed by atoms with Gasteiger partial charge in [0.05, 0.1) is 5.52 Å². The standard InChI is InChI=1S/C27H19NOS/c1-3-9-25-18(4-2)26-20-11-5-7-12-22(20)28(27(26)30-25)17-14-15-24-21(16-17)19-10-6-8-13-23(19)29-24/h3-16H,1H2,2H3/b18-4+,25-9+. The molecule has 30 heavy (non-hydrogen) atoms. The van der Waals surface area contributed by atoms with E-state index in [1.54, 1.807) is 0 Å². The lowest BCUT2D eigenvalue weighted by Gasteiger charge is -2.06. The van der Waals surface area contributed by atoms with E-state index in [-0.39, 0.29) is 0 Å². The molecule has 0 atom stereocenters. The fourth-order valence-corrected chi connectivity index (χ4v) is 5.80. The highest BCUT2D eigenvalue weighted by Gasteiger charge is 2.16. The average Bonchev–Trinajstić information content (AvgIpc) is 3.41. The number of fused-ring (bicyclic) bond motifs is 6. The second-order valence-electron chi connectivity index (χ2n) is 7.38. The van der Waals surface area contributed by atoms with Crippen LogP contribution in [0.2, 0.25) is 0 Å². The maximum absolute atomic E-state index is 6.04. The van der Waals surface area contributed by atoms with Crippen molar-refractivity contribution in [1.29, 1.82) is 0 Å². The Balaban J connectivity index is 1.78. The summed E-state index contributed by atoms with van der Waals surface area (Å²) in [6, 6.07) is 23.4. The molecule has 0 N–H and O–H groups in total. The molecule has 3 heteroatoms. The molecular weight excluding hydrogens is 386 g/mol. The Labute approximate surface area is 177 Å². The van der Waals surface area contributed by atoms with Crippen LogP contribution >= 0.6 is 11.3 Å². The molecule has 0 saturated heterocycles. The first-order chi connectivity index (χ1) is 14.8. The highest BCUT2D eigenvalue weighted by molar-refractivity contribution is 7.17. The van der Waals surface area contributed by atoms with Crippen LogP contribution in [-0.4, -0.2) is 4.57 Å². The Morgan fingerprint density at radius 3 is 2.50 bits per heavy atom. The summed E-state index contributed by atoms with van der Waals surface area (Å²) in [5.41, 5.74) is 4.21. The molecule has 0 spiro atoms. The van der Waals surface area contributed by atoms with Crippen molar-refractivity contribution in [1.82, 2.24) is 4.57 Å². The molecule has 0 aliphatic rings. The lowest BCUT2D eigenvalue weighted by atomic mass is 10.1. The van der Waals surface area contributed by atoms with Crippen molar-refractivity contribution in [2.24, 2.45) is 0 Å². The topological polar surface area (TPSA) is 18.1 Å². The molecule has 3 aromatic carbocycles. The fourth-order valence-electron chi connectivity index (χ4n) is 4.48. The van der Waals surface area contributed by atoms with Gasteiger partial charge < -0.3 is 8.98 Å². The molecule has 0 radical (unpaired) electrons. The van der Waals surface area contributed by atoms with E-state index in [9.17, 15) is 0 Å². The van der Waals surface area contributed by atoms with Crippen molar-refractivity contribution < 1.29 is 4.42 Å². The van der Waals surface area contributed by atoms with Gasteiger partial charge in [0.25, 0.3) is 0 Å². The SMILES string of the molecule is C=C/C=c1/sc2c(/c1=C/C)c1ccccc1n2-c1ccc2oc3ccccc3c2c1. The third-order valence-corrected chi connectivity index (χ3v) is 6.91. The number of aromatic nitrogens is 1. The minimum atomic E-state index is 0.919. The molecule has 0 amide bonds. The van der Waals surface area contributed by atoms with Crippen molar-refractivity contribution in [3.63, 3.8) is 0 Å². The number of hydrogen-bond donors (Lipinski definition) is 0. The molecule has 0 saturated carbocycles. The maximum atomic E-state index is 6.04. The summed E-state index contributed by atoms with van der Waals surface area (Å²) in [6.07, 6.45) is 6.18. The summed E-state index contributed by atoms with van der Waals surface area (Å²) < 4.78 is 9.67. The number of para-hydroxylation sites is 2. The van der Waals surface area contributed by atoms with E-state index >= 15 is 0 Å². The normalized spacial score (nSPS) is 13.4. The highest BCUT2D eigenvalue weighted by Crippen LogP contribution is 2.35. The van der Waals surface area contributed by atoms with Crippen LogP contribution in [0.25, 0.3) is 60.9 Å². The molecular formula is C27H19NOS. The van der Waals surface area contributed by atoms with Crippen LogP contribution in [0.15, 0.2) is 83.8 Å². The molecule has 0 aliphatic carbocycles. The van der Waals surface area contributed by atoms with Crippen molar-refractivity contribution in [3.05, 3.63) is 89.1 Å². The molecule has 6 rings (SSSR count). The molecule has 0 fully saturated rings. The van der Waals surface area contributed by atoms with Gasteiger partial charge in [-0.25, -0.2) is 0 Å². The molecule has 3 aromatic heterocycles. The zero-order valence-corrected chi connectivity index (χ0v) is 17.4. The molecule has 6 aromatic rings. The maximum Gasteiger partial charge on any atom is 0.135 e. The van der Waals surface area contributed by atoms with Gasteiger partial charge in [-0.3, -0.25) is 0 Å². The third-order valence-electron chi connectivity index (χ3n) is 5.75. The Morgan fingerprint density at radius 1 is 0.900 bits per heavy atom. The van der Waals surface area contributed by atoms with E-state index < -0.39 is 0 Å². The average molecular weight is 406 g/mol. The summed E-state index contributed by atoms with van der Waals surface area (Å²) >= 11 is 1.81. The number of furan rings is 1. The van der Waals surface area contributed by atoms with Crippen LogP contribution in [0.1, 0.15) is 6.92 Å². The Hall–Kier alpha value is -3.56. The molecule has 3 heterocycles. The van der Waals surface area contributed by atoms with E-state index in [4.69, 9.17) is 4.42 Å². The van der Waals surface area contributed by atoms with E-state index in [0.29, 0.717) is 0 Å². The van der Waals surface area contributed by atoms with Crippen molar-refractivity contribution in [2.45, 2.75) is 6.92 Å². The van der Waals surface area contributed by atoms with Crippen LogP contribution in [0.3, 0.4) is 0 Å². The number of nitrogens with zero attached hydrogens (tertiary/aromatic N) is 1. The Kier molecular flexibility index (Phi) is 3.74. The summed E-state index contributed by atoms with van der Waals surface area (Å²) in [5.74, 6) is 0. The summed E-state index contributed by atoms with van der Waals surface area (Å²) in [7, 11) is 0. The fraction of sp³-hybridized carbons (Fsp3) is 0.0370. The van der Waals surface area contributed by atoms with Gasteiger partial charge in [0.15, 0.2) is 0 Å². The first-order valence-electron chi connectivity index (χ1n) is 10.0. The van der Waals surface area contributed by atoms with Gasteiger partial charge in [-0.2, -0.15) is 0 Å². The van der Waals surface area contributed by atoms with Gasteiger partial charge in [0.2, 0.25) is 0 Å². The first-order valence-corrected chi connectivity index (χ1v) is 10.8. The van der Waals surface area contributed by atoms with Gasteiger partial charge in [0, 0.05) is 31.8 Å². The van der Waals surface area contributed by atoms with E-state index in [0.717, 1.165) is 27.6 Å². The predicted molar refractivity (Wildman–Crippen MR) is 130 cm³/mol. The molecule has 144 valence electrons. The van der Waals surface area contributed by atoms with Gasteiger partial charge in [-0.1, -0.05) is 55.1 Å². The van der Waals surface area contributed by atoms with Crippen LogP contribution in [0, 0.1) is 0 Å². The van der Waals surface area contributed by atoms with Gasteiger partial charge in [-0.05, 0) is 48.6 Å². The number of benzene rings is 3. The zero-order valence-electron chi connectivity index (χ0n) is 16.6. The van der Waals surface area contributed by atoms with Crippen LogP contribution in [0.4, 0.5) is 0 Å². The second-order valence-corrected chi connectivity index (χ2v) is 8.41. The monoisotopic (exact) mass is 405 g/mol. The quantitative estimate of drug-likeness (QED) is 0.321. The smallest absolute Gasteiger partial charge is 0.135 e. The largest absolute Gasteiger partial charge is 0.456 e. The zero-order chi connectivity index (χ0) is 20.2. The van der Waals surface area contributed by atoms with Crippen molar-refractivity contribution in [2.75, 3.05) is 0 Å². The van der Waals surface area contributed by atoms with Crippen LogP contribution in [0.5, 0.6) is 0 Å². The minimum absolute atomic E-state index is 0.919. The first kappa shape index (κ1) is 17.3. The van der Waals surface area contributed by atoms with Crippen LogP contribution in [-0.2, 0) is 0 Å². The summed E-state index contributed by atoms with van der Waals surface area (Å²) in [4.78, 5) is 1.25. The van der Waals surface area contributed by atoms with Crippen molar-refractivity contribution >= 4 is 66.5 Å². The summed E-state index contributed by atoms with van der Waals surface area (Å²) in [6.45, 7) is 6.01. The van der Waals surface area contributed by atoms with E-state index in [2.05, 4.69) is 84.8 Å². The lowest BCUT2D eigenvalue weighted by molar-refractivity contribution is 0.669. The van der Waals surface area contributed by atoms with Crippen molar-refractivity contribution in [3.8, 4) is 5.69 Å². The van der Waals surface area contributed by atoms with E-state index in [1.807, 2.05) is 29.5 Å². The van der Waals surface area contributed by atoms with Gasteiger partial charge in [-0.15, -0.1) is 11.3 Å². The Bertz CT molecular complexity index is 1730. The number of rotatable bonds is 2. The van der Waals surface area contributed by atoms with Gasteiger partial charge >= 0.3 is 0 Å². The molecule has 0 bridgehead atoms. The highest BCUT2D eigenvalue weighted by atomic mass is 32.1. The second kappa shape index (κ2) is 6.48. The number of allylic oxidation sites excluding steroid dienone is 1. The number of hydrogen-bond acceptors (Lipinski definition) is 2. The third kappa shape index (κ3) is 2.30. The Morgan fingerprint density at radius 2 is 1.67 bits per heavy atom. The molecule has 0 unspecified atom stereocenters. The molecule has 2 nitrogen and oxygen atoms in total. The lowest BCUT2D eigenvalue weighted by Crippen LogP contribution is -2.17. The predicted octanol–water partition coefficient (Wildman–Crippen LogP) is 6.51. The number of thiophene rings is 1. The minimum Gasteiger partial charge on any atom is -0.456 e. The molecule has 0 aliphatic heterocycles. The van der Waals surface area contributed by atoms with Crippen LogP contribution < -0.4 is 9.75 Å². The van der Waals surface area contributed by atoms with Gasteiger partial charge in [0.1, 0.15) is 16.0 Å². The van der Waals surface area contributed by atoms with E-state index in [1.165, 1.54) is 30.9 Å². The summed E-state index contributed by atoms with van der Waals surface area (Å²) in [5, 5.41) is 6.16.